The quantitative estimate of drug-likeness (QED) is 0.625. The number of hydrogen-bond donors (Lipinski definition) is 2. The lowest BCUT2D eigenvalue weighted by atomic mass is 10.1. The molecule has 0 aliphatic carbocycles. The van der Waals surface area contributed by atoms with Crippen LogP contribution in [-0.4, -0.2) is 23.5 Å². The SMILES string of the molecule is CC(=O)c1cccc(Nc2cc(C(=O)NCc3ccc4c(c3)OCO4)ccn2)c1. The lowest BCUT2D eigenvalue weighted by molar-refractivity contribution is 0.0949. The first-order chi connectivity index (χ1) is 14.1. The Kier molecular flexibility index (Phi) is 5.11. The second-order valence-electron chi connectivity index (χ2n) is 6.56. The monoisotopic (exact) mass is 389 g/mol. The van der Waals surface area contributed by atoms with Gasteiger partial charge in [-0.2, -0.15) is 0 Å². The van der Waals surface area contributed by atoms with Crippen LogP contribution in [0.25, 0.3) is 0 Å². The van der Waals surface area contributed by atoms with Gasteiger partial charge in [-0.25, -0.2) is 4.98 Å². The molecule has 1 amide bonds. The van der Waals surface area contributed by atoms with Crippen LogP contribution >= 0.6 is 0 Å². The van der Waals surface area contributed by atoms with Crippen molar-refractivity contribution in [1.29, 1.82) is 0 Å². The van der Waals surface area contributed by atoms with Crippen LogP contribution in [0.4, 0.5) is 11.5 Å². The maximum Gasteiger partial charge on any atom is 0.251 e. The standard InChI is InChI=1S/C22H19N3O4/c1-14(26)16-3-2-4-18(10-16)25-21-11-17(7-8-23-21)22(27)24-12-15-5-6-19-20(9-15)29-13-28-19/h2-11H,12-13H2,1H3,(H,23,25)(H,24,27). The van der Waals surface area contributed by atoms with Crippen molar-refractivity contribution in [3.05, 3.63) is 77.5 Å². The van der Waals surface area contributed by atoms with Gasteiger partial charge in [0.2, 0.25) is 6.79 Å². The molecule has 3 aromatic rings. The molecule has 146 valence electrons. The van der Waals surface area contributed by atoms with E-state index in [-0.39, 0.29) is 18.5 Å². The van der Waals surface area contributed by atoms with Crippen LogP contribution in [0.5, 0.6) is 11.5 Å². The van der Waals surface area contributed by atoms with Crippen molar-refractivity contribution in [2.24, 2.45) is 0 Å². The van der Waals surface area contributed by atoms with Crippen LogP contribution in [0.2, 0.25) is 0 Å². The molecular formula is C22H19N3O4. The number of benzene rings is 2. The Balaban J connectivity index is 1.42. The van der Waals surface area contributed by atoms with Crippen molar-refractivity contribution in [2.45, 2.75) is 13.5 Å². The van der Waals surface area contributed by atoms with Gasteiger partial charge in [-0.05, 0) is 48.9 Å². The number of rotatable bonds is 6. The number of aromatic nitrogens is 1. The molecule has 0 atom stereocenters. The Morgan fingerprint density at radius 3 is 2.72 bits per heavy atom. The average molecular weight is 389 g/mol. The first-order valence-electron chi connectivity index (χ1n) is 9.09. The molecule has 0 bridgehead atoms. The van der Waals surface area contributed by atoms with Gasteiger partial charge in [-0.15, -0.1) is 0 Å². The average Bonchev–Trinajstić information content (AvgIpc) is 3.20. The normalized spacial score (nSPS) is 11.8. The van der Waals surface area contributed by atoms with Crippen molar-refractivity contribution in [2.75, 3.05) is 12.1 Å². The highest BCUT2D eigenvalue weighted by atomic mass is 16.7. The smallest absolute Gasteiger partial charge is 0.251 e. The number of ketones is 1. The van der Waals surface area contributed by atoms with Crippen molar-refractivity contribution in [3.8, 4) is 11.5 Å². The molecule has 2 N–H and O–H groups in total. The third-order valence-corrected chi connectivity index (χ3v) is 4.45. The highest BCUT2D eigenvalue weighted by molar-refractivity contribution is 5.96. The van der Waals surface area contributed by atoms with Crippen LogP contribution in [0, 0.1) is 0 Å². The van der Waals surface area contributed by atoms with E-state index in [0.717, 1.165) is 11.3 Å². The van der Waals surface area contributed by atoms with Crippen molar-refractivity contribution < 1.29 is 19.1 Å². The number of ether oxygens (including phenoxy) is 2. The van der Waals surface area contributed by atoms with E-state index in [2.05, 4.69) is 15.6 Å². The molecule has 2 heterocycles. The zero-order chi connectivity index (χ0) is 20.2. The van der Waals surface area contributed by atoms with E-state index in [1.165, 1.54) is 6.92 Å². The molecule has 1 aromatic heterocycles. The third-order valence-electron chi connectivity index (χ3n) is 4.45. The van der Waals surface area contributed by atoms with Gasteiger partial charge in [0, 0.05) is 29.6 Å². The van der Waals surface area contributed by atoms with E-state index in [9.17, 15) is 9.59 Å². The Morgan fingerprint density at radius 1 is 1.00 bits per heavy atom. The summed E-state index contributed by atoms with van der Waals surface area (Å²) in [6, 6.07) is 16.0. The summed E-state index contributed by atoms with van der Waals surface area (Å²) in [5, 5.41) is 6.01. The summed E-state index contributed by atoms with van der Waals surface area (Å²) in [6.45, 7) is 2.09. The highest BCUT2D eigenvalue weighted by Gasteiger charge is 2.14. The van der Waals surface area contributed by atoms with E-state index in [0.29, 0.717) is 35.0 Å². The maximum absolute atomic E-state index is 12.5. The molecule has 0 saturated carbocycles. The molecule has 0 unspecified atom stereocenters. The van der Waals surface area contributed by atoms with Gasteiger partial charge >= 0.3 is 0 Å². The predicted molar refractivity (Wildman–Crippen MR) is 108 cm³/mol. The van der Waals surface area contributed by atoms with E-state index < -0.39 is 0 Å². The number of fused-ring (bicyclic) bond motifs is 1. The van der Waals surface area contributed by atoms with Crippen molar-refractivity contribution >= 4 is 23.2 Å². The second-order valence-corrected chi connectivity index (χ2v) is 6.56. The number of nitrogens with zero attached hydrogens (tertiary/aromatic N) is 1. The molecule has 1 aliphatic heterocycles. The van der Waals surface area contributed by atoms with E-state index in [1.807, 2.05) is 24.3 Å². The molecule has 7 nitrogen and oxygen atoms in total. The molecule has 0 spiro atoms. The summed E-state index contributed by atoms with van der Waals surface area (Å²) >= 11 is 0. The fraction of sp³-hybridized carbons (Fsp3) is 0.136. The van der Waals surface area contributed by atoms with Crippen LogP contribution in [-0.2, 0) is 6.54 Å². The molecule has 7 heteroatoms. The first kappa shape index (κ1) is 18.5. The molecule has 0 fully saturated rings. The van der Waals surface area contributed by atoms with Gasteiger partial charge in [-0.3, -0.25) is 9.59 Å². The Hall–Kier alpha value is -3.87. The van der Waals surface area contributed by atoms with Crippen LogP contribution in [0.15, 0.2) is 60.8 Å². The van der Waals surface area contributed by atoms with E-state index >= 15 is 0 Å². The van der Waals surface area contributed by atoms with Crippen LogP contribution in [0.1, 0.15) is 33.2 Å². The Morgan fingerprint density at radius 2 is 1.86 bits per heavy atom. The topological polar surface area (TPSA) is 89.6 Å². The van der Waals surface area contributed by atoms with Crippen molar-refractivity contribution in [1.82, 2.24) is 10.3 Å². The minimum absolute atomic E-state index is 0.0155. The predicted octanol–water partition coefficient (Wildman–Crippen LogP) is 3.69. The van der Waals surface area contributed by atoms with Crippen LogP contribution < -0.4 is 20.1 Å². The molecular weight excluding hydrogens is 370 g/mol. The summed E-state index contributed by atoms with van der Waals surface area (Å²) in [6.07, 6.45) is 1.56. The summed E-state index contributed by atoms with van der Waals surface area (Å²) in [4.78, 5) is 28.3. The first-order valence-corrected chi connectivity index (χ1v) is 9.09. The van der Waals surface area contributed by atoms with E-state index in [4.69, 9.17) is 9.47 Å². The molecule has 1 aliphatic rings. The zero-order valence-electron chi connectivity index (χ0n) is 15.8. The molecule has 0 saturated heterocycles. The largest absolute Gasteiger partial charge is 0.454 e. The van der Waals surface area contributed by atoms with Gasteiger partial charge in [0.1, 0.15) is 5.82 Å². The minimum Gasteiger partial charge on any atom is -0.454 e. The van der Waals surface area contributed by atoms with Gasteiger partial charge in [-0.1, -0.05) is 18.2 Å². The number of nitrogens with one attached hydrogen (secondary N) is 2. The molecule has 4 rings (SSSR count). The highest BCUT2D eigenvalue weighted by Crippen LogP contribution is 2.32. The number of pyridine rings is 1. The van der Waals surface area contributed by atoms with E-state index in [1.54, 1.807) is 36.5 Å². The lowest BCUT2D eigenvalue weighted by Gasteiger charge is -2.09. The van der Waals surface area contributed by atoms with Gasteiger partial charge in [0.25, 0.3) is 5.91 Å². The number of amides is 1. The number of anilines is 2. The fourth-order valence-corrected chi connectivity index (χ4v) is 2.94. The number of carbonyl (C=O) groups is 2. The maximum atomic E-state index is 12.5. The number of Topliss-reactive ketones (excluding diaryl/α,β-unsaturated/α-hetero) is 1. The fourth-order valence-electron chi connectivity index (χ4n) is 2.94. The van der Waals surface area contributed by atoms with Gasteiger partial charge in [0.05, 0.1) is 0 Å². The molecule has 0 radical (unpaired) electrons. The summed E-state index contributed by atoms with van der Waals surface area (Å²) in [5.41, 5.74) is 2.72. The van der Waals surface area contributed by atoms with Crippen LogP contribution in [0.3, 0.4) is 0 Å². The number of hydrogen-bond acceptors (Lipinski definition) is 6. The molecule has 29 heavy (non-hydrogen) atoms. The Labute approximate surface area is 167 Å². The second kappa shape index (κ2) is 8.02. The summed E-state index contributed by atoms with van der Waals surface area (Å²) in [7, 11) is 0. The molecule has 2 aromatic carbocycles. The Bertz CT molecular complexity index is 1080. The third kappa shape index (κ3) is 4.35. The van der Waals surface area contributed by atoms with Gasteiger partial charge < -0.3 is 20.1 Å². The number of carbonyl (C=O) groups excluding carboxylic acids is 2. The summed E-state index contributed by atoms with van der Waals surface area (Å²) < 4.78 is 10.6. The summed E-state index contributed by atoms with van der Waals surface area (Å²) in [5.74, 6) is 1.67. The minimum atomic E-state index is -0.217. The van der Waals surface area contributed by atoms with Crippen molar-refractivity contribution in [3.63, 3.8) is 0 Å². The zero-order valence-corrected chi connectivity index (χ0v) is 15.8. The lowest BCUT2D eigenvalue weighted by Crippen LogP contribution is -2.22. The van der Waals surface area contributed by atoms with Gasteiger partial charge in [0.15, 0.2) is 17.3 Å².